The second kappa shape index (κ2) is 8.17. The molecular weight excluding hydrogens is 398 g/mol. The van der Waals surface area contributed by atoms with E-state index < -0.39 is 0 Å². The SMILES string of the molecule is COc1cccc2c(CCN3CCN(c4cc(Cl)cc5cccnc45)CC3)coc12. The molecule has 0 saturated carbocycles. The molecule has 6 heteroatoms. The third-order valence-electron chi connectivity index (χ3n) is 5.92. The summed E-state index contributed by atoms with van der Waals surface area (Å²) in [6.07, 6.45) is 4.68. The zero-order valence-electron chi connectivity index (χ0n) is 17.0. The Kier molecular flexibility index (Phi) is 5.23. The summed E-state index contributed by atoms with van der Waals surface area (Å²) in [5.41, 5.74) is 4.22. The number of furan rings is 1. The molecule has 0 N–H and O–H groups in total. The largest absolute Gasteiger partial charge is 0.493 e. The van der Waals surface area contributed by atoms with E-state index in [2.05, 4.69) is 26.9 Å². The van der Waals surface area contributed by atoms with Gasteiger partial charge in [-0.2, -0.15) is 0 Å². The van der Waals surface area contributed by atoms with E-state index in [0.29, 0.717) is 0 Å². The van der Waals surface area contributed by atoms with E-state index >= 15 is 0 Å². The predicted molar refractivity (Wildman–Crippen MR) is 122 cm³/mol. The molecule has 154 valence electrons. The van der Waals surface area contributed by atoms with Crippen LogP contribution in [0.3, 0.4) is 0 Å². The van der Waals surface area contributed by atoms with Crippen LogP contribution in [-0.4, -0.2) is 49.7 Å². The Morgan fingerprint density at radius 2 is 1.97 bits per heavy atom. The Hall–Kier alpha value is -2.76. The van der Waals surface area contributed by atoms with Crippen molar-refractivity contribution in [3.05, 3.63) is 65.5 Å². The average Bonchev–Trinajstić information content (AvgIpc) is 3.20. The molecule has 30 heavy (non-hydrogen) atoms. The highest BCUT2D eigenvalue weighted by Crippen LogP contribution is 2.31. The zero-order valence-corrected chi connectivity index (χ0v) is 17.7. The normalized spacial score (nSPS) is 15.2. The van der Waals surface area contributed by atoms with Crippen molar-refractivity contribution in [1.29, 1.82) is 0 Å². The molecule has 5 rings (SSSR count). The van der Waals surface area contributed by atoms with Gasteiger partial charge in [0.1, 0.15) is 0 Å². The van der Waals surface area contributed by atoms with Gasteiger partial charge in [-0.25, -0.2) is 0 Å². The number of fused-ring (bicyclic) bond motifs is 2. The smallest absolute Gasteiger partial charge is 0.175 e. The predicted octanol–water partition coefficient (Wildman–Crippen LogP) is 5.01. The maximum Gasteiger partial charge on any atom is 0.175 e. The van der Waals surface area contributed by atoms with Gasteiger partial charge >= 0.3 is 0 Å². The Morgan fingerprint density at radius 3 is 2.80 bits per heavy atom. The number of nitrogens with zero attached hydrogens (tertiary/aromatic N) is 3. The first-order chi connectivity index (χ1) is 14.7. The molecule has 5 nitrogen and oxygen atoms in total. The van der Waals surface area contributed by atoms with Crippen LogP contribution in [0, 0.1) is 0 Å². The standard InChI is InChI=1S/C24H24ClN3O2/c1-29-22-6-2-5-20-18(16-30-24(20)22)7-9-27-10-12-28(13-11-27)21-15-19(25)14-17-4-3-8-26-23(17)21/h2-6,8,14-16H,7,9-13H2,1H3. The summed E-state index contributed by atoms with van der Waals surface area (Å²) in [6.45, 7) is 4.96. The monoisotopic (exact) mass is 421 g/mol. The van der Waals surface area contributed by atoms with Crippen LogP contribution in [-0.2, 0) is 6.42 Å². The number of pyridine rings is 1. The fourth-order valence-corrected chi connectivity index (χ4v) is 4.53. The summed E-state index contributed by atoms with van der Waals surface area (Å²) < 4.78 is 11.2. The van der Waals surface area contributed by atoms with E-state index in [0.717, 1.165) is 77.5 Å². The molecule has 0 unspecified atom stereocenters. The van der Waals surface area contributed by atoms with Crippen molar-refractivity contribution < 1.29 is 9.15 Å². The van der Waals surface area contributed by atoms with Gasteiger partial charge in [0.2, 0.25) is 0 Å². The lowest BCUT2D eigenvalue weighted by molar-refractivity contribution is 0.261. The van der Waals surface area contributed by atoms with Crippen LogP contribution in [0.15, 0.2) is 59.3 Å². The van der Waals surface area contributed by atoms with E-state index in [9.17, 15) is 0 Å². The number of rotatable bonds is 5. The van der Waals surface area contributed by atoms with Gasteiger partial charge in [-0.15, -0.1) is 0 Å². The van der Waals surface area contributed by atoms with Gasteiger partial charge in [-0.3, -0.25) is 9.88 Å². The number of ether oxygens (including phenoxy) is 1. The van der Waals surface area contributed by atoms with Crippen molar-refractivity contribution in [1.82, 2.24) is 9.88 Å². The first-order valence-electron chi connectivity index (χ1n) is 10.3. The first-order valence-corrected chi connectivity index (χ1v) is 10.7. The highest BCUT2D eigenvalue weighted by atomic mass is 35.5. The third-order valence-corrected chi connectivity index (χ3v) is 6.14. The molecule has 2 aromatic heterocycles. The summed E-state index contributed by atoms with van der Waals surface area (Å²) in [6, 6.07) is 14.1. The van der Waals surface area contributed by atoms with Crippen molar-refractivity contribution >= 4 is 39.2 Å². The van der Waals surface area contributed by atoms with Gasteiger partial charge in [-0.1, -0.05) is 29.8 Å². The van der Waals surface area contributed by atoms with E-state index in [1.54, 1.807) is 7.11 Å². The quantitative estimate of drug-likeness (QED) is 0.453. The van der Waals surface area contributed by atoms with E-state index in [-0.39, 0.29) is 0 Å². The lowest BCUT2D eigenvalue weighted by Crippen LogP contribution is -2.47. The summed E-state index contributed by atoms with van der Waals surface area (Å²) in [5, 5.41) is 2.99. The number of benzene rings is 2. The number of methoxy groups -OCH3 is 1. The number of para-hydroxylation sites is 1. The maximum atomic E-state index is 6.37. The fraction of sp³-hybridized carbons (Fsp3) is 0.292. The topological polar surface area (TPSA) is 41.7 Å². The van der Waals surface area contributed by atoms with Crippen molar-refractivity contribution in [2.75, 3.05) is 44.7 Å². The Labute approximate surface area is 180 Å². The highest BCUT2D eigenvalue weighted by Gasteiger charge is 2.20. The number of anilines is 1. The molecule has 0 aliphatic carbocycles. The molecule has 3 heterocycles. The van der Waals surface area contributed by atoms with Gasteiger partial charge in [-0.05, 0) is 36.2 Å². The molecule has 1 fully saturated rings. The Bertz CT molecular complexity index is 1180. The molecule has 0 atom stereocenters. The van der Waals surface area contributed by atoms with E-state index in [4.69, 9.17) is 20.8 Å². The molecular formula is C24H24ClN3O2. The molecule has 0 spiro atoms. The number of aromatic nitrogens is 1. The lowest BCUT2D eigenvalue weighted by atomic mass is 10.1. The Balaban J connectivity index is 1.25. The molecule has 1 aliphatic rings. The number of hydrogen-bond donors (Lipinski definition) is 0. The van der Waals surface area contributed by atoms with Gasteiger partial charge in [0.05, 0.1) is 24.6 Å². The lowest BCUT2D eigenvalue weighted by Gasteiger charge is -2.36. The molecule has 1 saturated heterocycles. The second-order valence-corrected chi connectivity index (χ2v) is 8.11. The van der Waals surface area contributed by atoms with Crippen molar-refractivity contribution in [2.45, 2.75) is 6.42 Å². The van der Waals surface area contributed by atoms with Crippen LogP contribution < -0.4 is 9.64 Å². The molecule has 2 aromatic carbocycles. The first kappa shape index (κ1) is 19.2. The summed E-state index contributed by atoms with van der Waals surface area (Å²) in [4.78, 5) is 9.50. The van der Waals surface area contributed by atoms with Gasteiger partial charge in [0.25, 0.3) is 0 Å². The highest BCUT2D eigenvalue weighted by molar-refractivity contribution is 6.31. The second-order valence-electron chi connectivity index (χ2n) is 7.68. The number of hydrogen-bond acceptors (Lipinski definition) is 5. The molecule has 0 radical (unpaired) electrons. The minimum Gasteiger partial charge on any atom is -0.493 e. The summed E-state index contributed by atoms with van der Waals surface area (Å²) >= 11 is 6.37. The van der Waals surface area contributed by atoms with Crippen LogP contribution in [0.2, 0.25) is 5.02 Å². The third kappa shape index (κ3) is 3.59. The van der Waals surface area contributed by atoms with Gasteiger partial charge in [0.15, 0.2) is 11.3 Å². The van der Waals surface area contributed by atoms with Crippen LogP contribution in [0.5, 0.6) is 5.75 Å². The Morgan fingerprint density at radius 1 is 1.10 bits per heavy atom. The molecule has 0 bridgehead atoms. The van der Waals surface area contributed by atoms with Crippen molar-refractivity contribution in [2.24, 2.45) is 0 Å². The minimum absolute atomic E-state index is 0.759. The van der Waals surface area contributed by atoms with E-state index in [1.165, 1.54) is 5.56 Å². The van der Waals surface area contributed by atoms with E-state index in [1.807, 2.05) is 42.8 Å². The molecule has 4 aromatic rings. The molecule has 0 amide bonds. The fourth-order valence-electron chi connectivity index (χ4n) is 4.31. The average molecular weight is 422 g/mol. The van der Waals surface area contributed by atoms with Crippen LogP contribution in [0.25, 0.3) is 21.9 Å². The maximum absolute atomic E-state index is 6.37. The molecule has 1 aliphatic heterocycles. The zero-order chi connectivity index (χ0) is 20.5. The summed E-state index contributed by atoms with van der Waals surface area (Å²) in [7, 11) is 1.68. The van der Waals surface area contributed by atoms with Crippen molar-refractivity contribution in [3.8, 4) is 5.75 Å². The van der Waals surface area contributed by atoms with Crippen LogP contribution in [0.4, 0.5) is 5.69 Å². The summed E-state index contributed by atoms with van der Waals surface area (Å²) in [5.74, 6) is 0.787. The minimum atomic E-state index is 0.759. The van der Waals surface area contributed by atoms with Crippen LogP contribution >= 0.6 is 11.6 Å². The number of piperazine rings is 1. The van der Waals surface area contributed by atoms with Gasteiger partial charge in [0, 0.05) is 54.7 Å². The van der Waals surface area contributed by atoms with Crippen molar-refractivity contribution in [3.63, 3.8) is 0 Å². The van der Waals surface area contributed by atoms with Gasteiger partial charge < -0.3 is 14.1 Å². The number of halogens is 1. The van der Waals surface area contributed by atoms with Crippen LogP contribution in [0.1, 0.15) is 5.56 Å².